The van der Waals surface area contributed by atoms with Crippen LogP contribution in [0.5, 0.6) is 0 Å². The van der Waals surface area contributed by atoms with Crippen molar-refractivity contribution in [1.82, 2.24) is 4.98 Å². The summed E-state index contributed by atoms with van der Waals surface area (Å²) in [5.74, 6) is 0. The van der Waals surface area contributed by atoms with E-state index < -0.39 is 6.10 Å². The number of pyridine rings is 1. The third-order valence-corrected chi connectivity index (χ3v) is 2.10. The molecule has 0 saturated carbocycles. The van der Waals surface area contributed by atoms with E-state index in [1.807, 2.05) is 30.3 Å². The highest BCUT2D eigenvalue weighted by Gasteiger charge is 2.05. The Labute approximate surface area is 76.9 Å². The molecule has 2 rings (SSSR count). The molecule has 1 aromatic heterocycles. The van der Waals surface area contributed by atoms with E-state index in [1.54, 1.807) is 13.1 Å². The summed E-state index contributed by atoms with van der Waals surface area (Å²) in [6, 6.07) is 9.87. The van der Waals surface area contributed by atoms with Gasteiger partial charge < -0.3 is 5.11 Å². The summed E-state index contributed by atoms with van der Waals surface area (Å²) < 4.78 is 0. The minimum absolute atomic E-state index is 0.508. The molecule has 1 aromatic carbocycles. The lowest BCUT2D eigenvalue weighted by atomic mass is 10.1. The maximum absolute atomic E-state index is 9.46. The number of aliphatic hydroxyl groups excluding tert-OH is 1. The third kappa shape index (κ3) is 1.40. The van der Waals surface area contributed by atoms with Gasteiger partial charge >= 0.3 is 0 Å². The van der Waals surface area contributed by atoms with Crippen molar-refractivity contribution < 1.29 is 5.11 Å². The maximum atomic E-state index is 9.46. The van der Waals surface area contributed by atoms with E-state index in [0.29, 0.717) is 0 Å². The Morgan fingerprint density at radius 3 is 2.77 bits per heavy atom. The second-order valence-electron chi connectivity index (χ2n) is 3.09. The minimum atomic E-state index is -0.508. The molecule has 2 nitrogen and oxygen atoms in total. The highest BCUT2D eigenvalue weighted by atomic mass is 16.3. The summed E-state index contributed by atoms with van der Waals surface area (Å²) in [7, 11) is 0. The molecule has 1 N–H and O–H groups in total. The molecule has 0 spiro atoms. The molecule has 0 saturated heterocycles. The van der Waals surface area contributed by atoms with Crippen molar-refractivity contribution >= 4 is 10.8 Å². The second-order valence-corrected chi connectivity index (χ2v) is 3.09. The number of benzene rings is 1. The van der Waals surface area contributed by atoms with E-state index in [-0.39, 0.29) is 0 Å². The van der Waals surface area contributed by atoms with Crippen LogP contribution in [-0.4, -0.2) is 10.1 Å². The Morgan fingerprint density at radius 1 is 1.23 bits per heavy atom. The van der Waals surface area contributed by atoms with Gasteiger partial charge in [0.2, 0.25) is 0 Å². The van der Waals surface area contributed by atoms with Gasteiger partial charge in [-0.15, -0.1) is 0 Å². The SMILES string of the molecule is C[C@@H](O)c1nccc2ccccc12. The average molecular weight is 173 g/mol. The normalized spacial score (nSPS) is 13.1. The van der Waals surface area contributed by atoms with Gasteiger partial charge in [0, 0.05) is 11.6 Å². The number of nitrogens with zero attached hydrogens (tertiary/aromatic N) is 1. The number of hydrogen-bond acceptors (Lipinski definition) is 2. The second kappa shape index (κ2) is 3.15. The first-order chi connectivity index (χ1) is 6.29. The molecule has 1 heterocycles. The molecule has 66 valence electrons. The van der Waals surface area contributed by atoms with Crippen LogP contribution in [0.25, 0.3) is 10.8 Å². The van der Waals surface area contributed by atoms with Gasteiger partial charge in [0.15, 0.2) is 0 Å². The molecule has 0 aliphatic carbocycles. The minimum Gasteiger partial charge on any atom is -0.387 e. The molecule has 0 bridgehead atoms. The molecule has 13 heavy (non-hydrogen) atoms. The fourth-order valence-corrected chi connectivity index (χ4v) is 1.48. The number of hydrogen-bond donors (Lipinski definition) is 1. The van der Waals surface area contributed by atoms with Crippen LogP contribution in [0.4, 0.5) is 0 Å². The lowest BCUT2D eigenvalue weighted by Crippen LogP contribution is -1.95. The largest absolute Gasteiger partial charge is 0.387 e. The first kappa shape index (κ1) is 8.20. The summed E-state index contributed by atoms with van der Waals surface area (Å²) in [5, 5.41) is 11.6. The van der Waals surface area contributed by atoms with E-state index in [1.165, 1.54) is 0 Å². The maximum Gasteiger partial charge on any atom is 0.0938 e. The van der Waals surface area contributed by atoms with E-state index in [4.69, 9.17) is 0 Å². The van der Waals surface area contributed by atoms with E-state index in [0.717, 1.165) is 16.5 Å². The summed E-state index contributed by atoms with van der Waals surface area (Å²) in [5.41, 5.74) is 0.748. The molecule has 1 atom stereocenters. The molecular weight excluding hydrogens is 162 g/mol. The van der Waals surface area contributed by atoms with Gasteiger partial charge in [0.25, 0.3) is 0 Å². The Balaban J connectivity index is 2.76. The van der Waals surface area contributed by atoms with Gasteiger partial charge in [-0.25, -0.2) is 0 Å². The molecule has 2 aromatic rings. The summed E-state index contributed by atoms with van der Waals surface area (Å²) in [6.45, 7) is 1.73. The van der Waals surface area contributed by atoms with Crippen LogP contribution in [0.1, 0.15) is 18.7 Å². The molecular formula is C11H11NO. The highest BCUT2D eigenvalue weighted by Crippen LogP contribution is 2.20. The lowest BCUT2D eigenvalue weighted by Gasteiger charge is -2.06. The quantitative estimate of drug-likeness (QED) is 0.717. The Kier molecular flexibility index (Phi) is 1.99. The first-order valence-electron chi connectivity index (χ1n) is 4.31. The number of fused-ring (bicyclic) bond motifs is 1. The predicted molar refractivity (Wildman–Crippen MR) is 52.4 cm³/mol. The Hall–Kier alpha value is -1.41. The molecule has 0 fully saturated rings. The topological polar surface area (TPSA) is 33.1 Å². The molecule has 0 unspecified atom stereocenters. The van der Waals surface area contributed by atoms with Crippen LogP contribution in [0.3, 0.4) is 0 Å². The smallest absolute Gasteiger partial charge is 0.0938 e. The standard InChI is InChI=1S/C11H11NO/c1-8(13)11-10-5-3-2-4-9(10)6-7-12-11/h2-8,13H,1H3/t8-/m1/s1. The van der Waals surface area contributed by atoms with Crippen molar-refractivity contribution in [3.8, 4) is 0 Å². The summed E-state index contributed by atoms with van der Waals surface area (Å²) in [4.78, 5) is 4.16. The van der Waals surface area contributed by atoms with Crippen molar-refractivity contribution in [3.05, 3.63) is 42.2 Å². The van der Waals surface area contributed by atoms with Gasteiger partial charge in [-0.1, -0.05) is 24.3 Å². The van der Waals surface area contributed by atoms with Crippen LogP contribution in [0, 0.1) is 0 Å². The lowest BCUT2D eigenvalue weighted by molar-refractivity contribution is 0.196. The van der Waals surface area contributed by atoms with Crippen molar-refractivity contribution in [2.75, 3.05) is 0 Å². The van der Waals surface area contributed by atoms with Crippen LogP contribution in [-0.2, 0) is 0 Å². The van der Waals surface area contributed by atoms with E-state index >= 15 is 0 Å². The zero-order chi connectivity index (χ0) is 9.26. The van der Waals surface area contributed by atoms with Crippen molar-refractivity contribution in [2.24, 2.45) is 0 Å². The number of rotatable bonds is 1. The monoisotopic (exact) mass is 173 g/mol. The van der Waals surface area contributed by atoms with E-state index in [2.05, 4.69) is 4.98 Å². The summed E-state index contributed by atoms with van der Waals surface area (Å²) in [6.07, 6.45) is 1.22. The van der Waals surface area contributed by atoms with Gasteiger partial charge in [0.1, 0.15) is 0 Å². The summed E-state index contributed by atoms with van der Waals surface area (Å²) >= 11 is 0. The molecule has 0 aliphatic rings. The van der Waals surface area contributed by atoms with E-state index in [9.17, 15) is 5.11 Å². The fourth-order valence-electron chi connectivity index (χ4n) is 1.48. The third-order valence-electron chi connectivity index (χ3n) is 2.10. The van der Waals surface area contributed by atoms with Gasteiger partial charge in [0.05, 0.1) is 11.8 Å². The van der Waals surface area contributed by atoms with Crippen LogP contribution in [0.15, 0.2) is 36.5 Å². The van der Waals surface area contributed by atoms with Crippen molar-refractivity contribution in [2.45, 2.75) is 13.0 Å². The number of aromatic nitrogens is 1. The van der Waals surface area contributed by atoms with Crippen LogP contribution < -0.4 is 0 Å². The highest BCUT2D eigenvalue weighted by molar-refractivity contribution is 5.84. The zero-order valence-electron chi connectivity index (χ0n) is 7.44. The van der Waals surface area contributed by atoms with Crippen LogP contribution >= 0.6 is 0 Å². The van der Waals surface area contributed by atoms with Gasteiger partial charge in [-0.3, -0.25) is 4.98 Å². The van der Waals surface area contributed by atoms with Gasteiger partial charge in [-0.05, 0) is 18.4 Å². The van der Waals surface area contributed by atoms with Gasteiger partial charge in [-0.2, -0.15) is 0 Å². The predicted octanol–water partition coefficient (Wildman–Crippen LogP) is 2.29. The first-order valence-corrected chi connectivity index (χ1v) is 4.31. The molecule has 2 heteroatoms. The zero-order valence-corrected chi connectivity index (χ0v) is 7.44. The fraction of sp³-hybridized carbons (Fsp3) is 0.182. The van der Waals surface area contributed by atoms with Crippen molar-refractivity contribution in [3.63, 3.8) is 0 Å². The Bertz CT molecular complexity index is 418. The molecule has 0 aliphatic heterocycles. The van der Waals surface area contributed by atoms with Crippen LogP contribution in [0.2, 0.25) is 0 Å². The number of aliphatic hydroxyl groups is 1. The molecule has 0 amide bonds. The van der Waals surface area contributed by atoms with Crippen molar-refractivity contribution in [1.29, 1.82) is 0 Å². The molecule has 0 radical (unpaired) electrons. The average Bonchev–Trinajstić information content (AvgIpc) is 2.17. The Morgan fingerprint density at radius 2 is 2.00 bits per heavy atom.